The first-order valence-electron chi connectivity index (χ1n) is 8.51. The highest BCUT2D eigenvalue weighted by Gasteiger charge is 2.24. The van der Waals surface area contributed by atoms with Gasteiger partial charge in [-0.15, -0.1) is 0 Å². The molecule has 2 aliphatic heterocycles. The summed E-state index contributed by atoms with van der Waals surface area (Å²) < 4.78 is 0. The molecule has 3 heterocycles. The first-order chi connectivity index (χ1) is 12.1. The molecule has 25 heavy (non-hydrogen) atoms. The van der Waals surface area contributed by atoms with Crippen LogP contribution in [0.1, 0.15) is 20.8 Å². The lowest BCUT2D eigenvalue weighted by molar-refractivity contribution is -0.119. The van der Waals surface area contributed by atoms with Crippen LogP contribution in [0.3, 0.4) is 0 Å². The predicted molar refractivity (Wildman–Crippen MR) is 91.2 cm³/mol. The number of piperazine rings is 2. The first kappa shape index (κ1) is 17.3. The molecule has 0 atom stereocenters. The molecule has 1 aromatic rings. The predicted octanol–water partition coefficient (Wildman–Crippen LogP) is -0.617. The number of pyridine rings is 1. The summed E-state index contributed by atoms with van der Waals surface area (Å²) in [5, 5.41) is 0. The molecule has 3 amide bonds. The monoisotopic (exact) mass is 345 g/mol. The van der Waals surface area contributed by atoms with Crippen LogP contribution < -0.4 is 0 Å². The molecule has 1 aromatic heterocycles. The van der Waals surface area contributed by atoms with Gasteiger partial charge >= 0.3 is 0 Å². The Labute approximate surface area is 147 Å². The molecule has 2 fully saturated rings. The molecule has 0 unspecified atom stereocenters. The van der Waals surface area contributed by atoms with E-state index in [1.54, 1.807) is 21.9 Å². The SMILES string of the molecule is CN1CCN(C(=O)c2ccnc(C(=O)N3CCN(C=O)CC3)c2)CC1. The lowest BCUT2D eigenvalue weighted by Gasteiger charge is -2.33. The lowest BCUT2D eigenvalue weighted by atomic mass is 10.1. The molecule has 0 radical (unpaired) electrons. The van der Waals surface area contributed by atoms with Crippen molar-refractivity contribution in [1.82, 2.24) is 24.6 Å². The van der Waals surface area contributed by atoms with E-state index >= 15 is 0 Å². The van der Waals surface area contributed by atoms with Crippen LogP contribution in [0.25, 0.3) is 0 Å². The van der Waals surface area contributed by atoms with Gasteiger partial charge in [-0.1, -0.05) is 0 Å². The third-order valence-electron chi connectivity index (χ3n) is 4.77. The molecular weight excluding hydrogens is 322 g/mol. The third-order valence-corrected chi connectivity index (χ3v) is 4.77. The van der Waals surface area contributed by atoms with E-state index < -0.39 is 0 Å². The average molecular weight is 345 g/mol. The zero-order valence-corrected chi connectivity index (χ0v) is 14.4. The van der Waals surface area contributed by atoms with Gasteiger partial charge in [0.25, 0.3) is 11.8 Å². The Kier molecular flexibility index (Phi) is 5.28. The smallest absolute Gasteiger partial charge is 0.272 e. The van der Waals surface area contributed by atoms with Crippen LogP contribution in [-0.4, -0.2) is 102 Å². The van der Waals surface area contributed by atoms with Crippen LogP contribution in [0.2, 0.25) is 0 Å². The van der Waals surface area contributed by atoms with Crippen LogP contribution in [0.15, 0.2) is 18.3 Å². The fourth-order valence-electron chi connectivity index (χ4n) is 3.07. The molecule has 2 saturated heterocycles. The molecule has 2 aliphatic rings. The number of aromatic nitrogens is 1. The molecule has 3 rings (SSSR count). The van der Waals surface area contributed by atoms with E-state index in [2.05, 4.69) is 9.88 Å². The summed E-state index contributed by atoms with van der Waals surface area (Å²) in [4.78, 5) is 47.5. The van der Waals surface area contributed by atoms with Crippen molar-refractivity contribution in [3.05, 3.63) is 29.6 Å². The van der Waals surface area contributed by atoms with Crippen molar-refractivity contribution in [3.63, 3.8) is 0 Å². The zero-order chi connectivity index (χ0) is 17.8. The van der Waals surface area contributed by atoms with E-state index in [-0.39, 0.29) is 17.5 Å². The minimum absolute atomic E-state index is 0.0599. The molecule has 0 aromatic carbocycles. The lowest BCUT2D eigenvalue weighted by Crippen LogP contribution is -2.48. The summed E-state index contributed by atoms with van der Waals surface area (Å²) in [6, 6.07) is 3.23. The molecule has 0 N–H and O–H groups in total. The average Bonchev–Trinajstić information content (AvgIpc) is 2.67. The number of nitrogens with zero attached hydrogens (tertiary/aromatic N) is 5. The fraction of sp³-hybridized carbons (Fsp3) is 0.529. The minimum Gasteiger partial charge on any atom is -0.342 e. The summed E-state index contributed by atoms with van der Waals surface area (Å²) >= 11 is 0. The molecule has 0 spiro atoms. The Bertz CT molecular complexity index is 649. The molecule has 0 bridgehead atoms. The van der Waals surface area contributed by atoms with Crippen molar-refractivity contribution in [2.24, 2.45) is 0 Å². The standard InChI is InChI=1S/C17H23N5O3/c1-19-4-8-21(9-5-19)16(24)14-2-3-18-15(12-14)17(25)22-10-6-20(13-23)7-11-22/h2-3,12-13H,4-11H2,1H3. The molecule has 0 saturated carbocycles. The van der Waals surface area contributed by atoms with Gasteiger partial charge in [0, 0.05) is 64.1 Å². The Balaban J connectivity index is 1.67. The van der Waals surface area contributed by atoms with Crippen LogP contribution in [0.4, 0.5) is 0 Å². The van der Waals surface area contributed by atoms with Crippen LogP contribution in [-0.2, 0) is 4.79 Å². The normalized spacial score (nSPS) is 19.0. The second-order valence-electron chi connectivity index (χ2n) is 6.46. The quantitative estimate of drug-likeness (QED) is 0.683. The fourth-order valence-corrected chi connectivity index (χ4v) is 3.07. The van der Waals surface area contributed by atoms with Gasteiger partial charge in [0.05, 0.1) is 0 Å². The number of hydrogen-bond donors (Lipinski definition) is 0. The largest absolute Gasteiger partial charge is 0.342 e. The highest BCUT2D eigenvalue weighted by atomic mass is 16.2. The maximum Gasteiger partial charge on any atom is 0.272 e. The van der Waals surface area contributed by atoms with Crippen LogP contribution in [0, 0.1) is 0 Å². The molecule has 134 valence electrons. The Hall–Kier alpha value is -2.48. The highest BCUT2D eigenvalue weighted by Crippen LogP contribution is 2.12. The Morgan fingerprint density at radius 3 is 2.20 bits per heavy atom. The van der Waals surface area contributed by atoms with Gasteiger partial charge in [-0.05, 0) is 19.2 Å². The van der Waals surface area contributed by atoms with E-state index in [1.165, 1.54) is 6.20 Å². The maximum absolute atomic E-state index is 12.6. The van der Waals surface area contributed by atoms with Gasteiger partial charge in [0.1, 0.15) is 5.69 Å². The number of carbonyl (C=O) groups is 3. The summed E-state index contributed by atoms with van der Waals surface area (Å²) in [7, 11) is 2.04. The van der Waals surface area contributed by atoms with Crippen molar-refractivity contribution in [1.29, 1.82) is 0 Å². The number of likely N-dealkylation sites (N-methyl/N-ethyl adjacent to an activating group) is 1. The minimum atomic E-state index is -0.196. The van der Waals surface area contributed by atoms with Crippen molar-refractivity contribution in [2.45, 2.75) is 0 Å². The van der Waals surface area contributed by atoms with Gasteiger partial charge in [0.2, 0.25) is 6.41 Å². The summed E-state index contributed by atoms with van der Waals surface area (Å²) in [5.41, 5.74) is 0.772. The topological polar surface area (TPSA) is 77.1 Å². The van der Waals surface area contributed by atoms with Crippen molar-refractivity contribution in [2.75, 3.05) is 59.4 Å². The van der Waals surface area contributed by atoms with E-state index in [4.69, 9.17) is 0 Å². The molecular formula is C17H23N5O3. The van der Waals surface area contributed by atoms with E-state index in [1.807, 2.05) is 11.9 Å². The number of hydrogen-bond acceptors (Lipinski definition) is 5. The molecule has 8 heteroatoms. The van der Waals surface area contributed by atoms with Crippen LogP contribution >= 0.6 is 0 Å². The Morgan fingerprint density at radius 1 is 0.960 bits per heavy atom. The van der Waals surface area contributed by atoms with Gasteiger partial charge in [0.15, 0.2) is 0 Å². The zero-order valence-electron chi connectivity index (χ0n) is 14.4. The molecule has 0 aliphatic carbocycles. The van der Waals surface area contributed by atoms with E-state index in [0.29, 0.717) is 44.8 Å². The summed E-state index contributed by atoms with van der Waals surface area (Å²) in [6.45, 7) is 5.09. The van der Waals surface area contributed by atoms with E-state index in [0.717, 1.165) is 19.5 Å². The number of rotatable bonds is 3. The van der Waals surface area contributed by atoms with Gasteiger partial charge < -0.3 is 19.6 Å². The second-order valence-corrected chi connectivity index (χ2v) is 6.46. The summed E-state index contributed by atoms with van der Waals surface area (Å²) in [5.74, 6) is -0.256. The molecule has 8 nitrogen and oxygen atoms in total. The maximum atomic E-state index is 12.6. The van der Waals surface area contributed by atoms with E-state index in [9.17, 15) is 14.4 Å². The third kappa shape index (κ3) is 3.96. The second kappa shape index (κ2) is 7.60. The van der Waals surface area contributed by atoms with Gasteiger partial charge in [-0.3, -0.25) is 19.4 Å². The van der Waals surface area contributed by atoms with Crippen LogP contribution in [0.5, 0.6) is 0 Å². The van der Waals surface area contributed by atoms with Gasteiger partial charge in [-0.2, -0.15) is 0 Å². The first-order valence-corrected chi connectivity index (χ1v) is 8.51. The number of amides is 3. The van der Waals surface area contributed by atoms with Gasteiger partial charge in [-0.25, -0.2) is 0 Å². The van der Waals surface area contributed by atoms with Crippen molar-refractivity contribution in [3.8, 4) is 0 Å². The van der Waals surface area contributed by atoms with Crippen molar-refractivity contribution >= 4 is 18.2 Å². The number of carbonyl (C=O) groups excluding carboxylic acids is 3. The highest BCUT2D eigenvalue weighted by molar-refractivity contribution is 5.98. The Morgan fingerprint density at radius 2 is 1.56 bits per heavy atom. The summed E-state index contributed by atoms with van der Waals surface area (Å²) in [6.07, 6.45) is 2.31. The van der Waals surface area contributed by atoms with Crippen molar-refractivity contribution < 1.29 is 14.4 Å².